The fourth-order valence-electron chi connectivity index (χ4n) is 1.69. The molecule has 0 saturated carbocycles. The average Bonchev–Trinajstić information content (AvgIpc) is 2.78. The predicted molar refractivity (Wildman–Crippen MR) is 78.4 cm³/mol. The van der Waals surface area contributed by atoms with Gasteiger partial charge < -0.3 is 5.32 Å². The van der Waals surface area contributed by atoms with Crippen molar-refractivity contribution in [3.63, 3.8) is 0 Å². The SMILES string of the molecule is Cn1cc(CCNC(=O)c2cc(Br)ccc2Cl)cn1. The predicted octanol–water partition coefficient (Wildman–Crippen LogP) is 2.81. The van der Waals surface area contributed by atoms with Crippen molar-refractivity contribution >= 4 is 33.4 Å². The van der Waals surface area contributed by atoms with Gasteiger partial charge in [0.2, 0.25) is 0 Å². The van der Waals surface area contributed by atoms with Gasteiger partial charge in [-0.15, -0.1) is 0 Å². The number of halogens is 2. The highest BCUT2D eigenvalue weighted by molar-refractivity contribution is 9.10. The normalized spacial score (nSPS) is 10.5. The van der Waals surface area contributed by atoms with Crippen molar-refractivity contribution < 1.29 is 4.79 Å². The Balaban J connectivity index is 1.92. The molecule has 2 rings (SSSR count). The molecule has 1 heterocycles. The Morgan fingerprint density at radius 2 is 2.32 bits per heavy atom. The summed E-state index contributed by atoms with van der Waals surface area (Å²) in [5, 5.41) is 7.36. The minimum atomic E-state index is -0.171. The Kier molecular flexibility index (Phi) is 4.61. The summed E-state index contributed by atoms with van der Waals surface area (Å²) >= 11 is 9.32. The summed E-state index contributed by atoms with van der Waals surface area (Å²) in [4.78, 5) is 12.0. The molecule has 1 aromatic carbocycles. The van der Waals surface area contributed by atoms with Gasteiger partial charge in [-0.25, -0.2) is 0 Å². The van der Waals surface area contributed by atoms with E-state index in [0.29, 0.717) is 17.1 Å². The highest BCUT2D eigenvalue weighted by Gasteiger charge is 2.10. The van der Waals surface area contributed by atoms with Crippen LogP contribution in [0.15, 0.2) is 35.1 Å². The number of benzene rings is 1. The number of nitrogens with one attached hydrogen (secondary N) is 1. The highest BCUT2D eigenvalue weighted by atomic mass is 79.9. The van der Waals surface area contributed by atoms with E-state index in [2.05, 4.69) is 26.3 Å². The number of aryl methyl sites for hydroxylation is 1. The molecule has 0 bridgehead atoms. The molecule has 0 saturated heterocycles. The number of amides is 1. The lowest BCUT2D eigenvalue weighted by molar-refractivity contribution is 0.0954. The van der Waals surface area contributed by atoms with Gasteiger partial charge in [0.05, 0.1) is 16.8 Å². The van der Waals surface area contributed by atoms with Crippen LogP contribution in [0.2, 0.25) is 5.02 Å². The van der Waals surface area contributed by atoms with Gasteiger partial charge in [-0.2, -0.15) is 5.10 Å². The van der Waals surface area contributed by atoms with E-state index in [9.17, 15) is 4.79 Å². The molecule has 0 spiro atoms. The van der Waals surface area contributed by atoms with E-state index in [1.807, 2.05) is 13.2 Å². The van der Waals surface area contributed by atoms with Crippen LogP contribution in [0.1, 0.15) is 15.9 Å². The van der Waals surface area contributed by atoms with Gasteiger partial charge in [-0.05, 0) is 30.2 Å². The molecule has 2 aromatic rings. The zero-order valence-corrected chi connectivity index (χ0v) is 12.7. The quantitative estimate of drug-likeness (QED) is 0.929. The van der Waals surface area contributed by atoms with E-state index in [0.717, 1.165) is 16.5 Å². The largest absolute Gasteiger partial charge is 0.352 e. The van der Waals surface area contributed by atoms with Gasteiger partial charge in [-0.1, -0.05) is 27.5 Å². The first-order chi connectivity index (χ1) is 9.06. The van der Waals surface area contributed by atoms with Crippen molar-refractivity contribution in [2.24, 2.45) is 7.05 Å². The summed E-state index contributed by atoms with van der Waals surface area (Å²) < 4.78 is 2.57. The monoisotopic (exact) mass is 341 g/mol. The summed E-state index contributed by atoms with van der Waals surface area (Å²) in [6.45, 7) is 0.549. The van der Waals surface area contributed by atoms with E-state index in [-0.39, 0.29) is 5.91 Å². The van der Waals surface area contributed by atoms with E-state index < -0.39 is 0 Å². The highest BCUT2D eigenvalue weighted by Crippen LogP contribution is 2.20. The Bertz CT molecular complexity index is 597. The third-order valence-corrected chi connectivity index (χ3v) is 3.45. The molecular formula is C13H13BrClN3O. The van der Waals surface area contributed by atoms with E-state index >= 15 is 0 Å². The number of rotatable bonds is 4. The van der Waals surface area contributed by atoms with E-state index in [1.54, 1.807) is 29.1 Å². The van der Waals surface area contributed by atoms with Crippen LogP contribution in [0.3, 0.4) is 0 Å². The lowest BCUT2D eigenvalue weighted by Crippen LogP contribution is -2.25. The number of hydrogen-bond donors (Lipinski definition) is 1. The summed E-state index contributed by atoms with van der Waals surface area (Å²) in [7, 11) is 1.86. The van der Waals surface area contributed by atoms with Crippen LogP contribution in [0.5, 0.6) is 0 Å². The Morgan fingerprint density at radius 3 is 3.00 bits per heavy atom. The van der Waals surface area contributed by atoms with Crippen LogP contribution in [0, 0.1) is 0 Å². The van der Waals surface area contributed by atoms with Gasteiger partial charge >= 0.3 is 0 Å². The van der Waals surface area contributed by atoms with Crippen molar-refractivity contribution in [3.05, 3.63) is 51.2 Å². The number of nitrogens with zero attached hydrogens (tertiary/aromatic N) is 2. The molecule has 0 fully saturated rings. The zero-order chi connectivity index (χ0) is 13.8. The van der Waals surface area contributed by atoms with Crippen molar-refractivity contribution in [1.29, 1.82) is 0 Å². The molecule has 0 unspecified atom stereocenters. The van der Waals surface area contributed by atoms with Gasteiger partial charge in [-0.3, -0.25) is 9.48 Å². The summed E-state index contributed by atoms with van der Waals surface area (Å²) in [6, 6.07) is 5.21. The fourth-order valence-corrected chi connectivity index (χ4v) is 2.25. The Morgan fingerprint density at radius 1 is 1.53 bits per heavy atom. The van der Waals surface area contributed by atoms with Crippen LogP contribution >= 0.6 is 27.5 Å². The molecule has 1 N–H and O–H groups in total. The second-order valence-electron chi connectivity index (χ2n) is 4.15. The summed E-state index contributed by atoms with van der Waals surface area (Å²) in [5.41, 5.74) is 1.56. The Hall–Kier alpha value is -1.33. The third-order valence-electron chi connectivity index (χ3n) is 2.63. The molecule has 0 aliphatic carbocycles. The van der Waals surface area contributed by atoms with Crippen molar-refractivity contribution in [3.8, 4) is 0 Å². The van der Waals surface area contributed by atoms with E-state index in [4.69, 9.17) is 11.6 Å². The van der Waals surface area contributed by atoms with Gasteiger partial charge in [0.15, 0.2) is 0 Å². The molecule has 1 aromatic heterocycles. The summed E-state index contributed by atoms with van der Waals surface area (Å²) in [6.07, 6.45) is 4.46. The van der Waals surface area contributed by atoms with Crippen LogP contribution in [0.25, 0.3) is 0 Å². The van der Waals surface area contributed by atoms with Crippen LogP contribution in [-0.2, 0) is 13.5 Å². The minimum absolute atomic E-state index is 0.171. The second-order valence-corrected chi connectivity index (χ2v) is 5.48. The molecule has 0 aliphatic rings. The summed E-state index contributed by atoms with van der Waals surface area (Å²) in [5.74, 6) is -0.171. The number of carbonyl (C=O) groups excluding carboxylic acids is 1. The Labute approximate surface area is 124 Å². The molecule has 100 valence electrons. The molecule has 1 amide bonds. The maximum absolute atomic E-state index is 12.0. The maximum Gasteiger partial charge on any atom is 0.252 e. The smallest absolute Gasteiger partial charge is 0.252 e. The molecule has 0 atom stereocenters. The second kappa shape index (κ2) is 6.21. The third kappa shape index (κ3) is 3.81. The van der Waals surface area contributed by atoms with Crippen molar-refractivity contribution in [2.45, 2.75) is 6.42 Å². The van der Waals surface area contributed by atoms with Crippen LogP contribution in [-0.4, -0.2) is 22.2 Å². The van der Waals surface area contributed by atoms with Gasteiger partial charge in [0.1, 0.15) is 0 Å². The minimum Gasteiger partial charge on any atom is -0.352 e. The number of hydrogen-bond acceptors (Lipinski definition) is 2. The van der Waals surface area contributed by atoms with Crippen molar-refractivity contribution in [1.82, 2.24) is 15.1 Å². The first kappa shape index (κ1) is 14.1. The molecule has 6 heteroatoms. The first-order valence-electron chi connectivity index (χ1n) is 5.77. The molecule has 19 heavy (non-hydrogen) atoms. The fraction of sp³-hybridized carbons (Fsp3) is 0.231. The van der Waals surface area contributed by atoms with Crippen molar-refractivity contribution in [2.75, 3.05) is 6.54 Å². The zero-order valence-electron chi connectivity index (χ0n) is 10.4. The van der Waals surface area contributed by atoms with Crippen LogP contribution in [0.4, 0.5) is 0 Å². The van der Waals surface area contributed by atoms with E-state index in [1.165, 1.54) is 0 Å². The lowest BCUT2D eigenvalue weighted by atomic mass is 10.2. The van der Waals surface area contributed by atoms with Crippen LogP contribution < -0.4 is 5.32 Å². The lowest BCUT2D eigenvalue weighted by Gasteiger charge is -2.06. The molecule has 4 nitrogen and oxygen atoms in total. The van der Waals surface area contributed by atoms with Gasteiger partial charge in [0.25, 0.3) is 5.91 Å². The average molecular weight is 343 g/mol. The molecule has 0 aliphatic heterocycles. The maximum atomic E-state index is 12.0. The number of aromatic nitrogens is 2. The van der Waals surface area contributed by atoms with Gasteiger partial charge in [0, 0.05) is 24.3 Å². The topological polar surface area (TPSA) is 46.9 Å². The molecule has 0 radical (unpaired) electrons. The molecular weight excluding hydrogens is 330 g/mol. The first-order valence-corrected chi connectivity index (χ1v) is 6.94. The standard InChI is InChI=1S/C13H13BrClN3O/c1-18-8-9(7-17-18)4-5-16-13(19)11-6-10(14)2-3-12(11)15/h2-3,6-8H,4-5H2,1H3,(H,16,19). The number of carbonyl (C=O) groups is 1.